The third-order valence-electron chi connectivity index (χ3n) is 2.50. The maximum atomic E-state index is 12.6. The lowest BCUT2D eigenvalue weighted by molar-refractivity contribution is -0.141. The molecule has 1 N–H and O–H groups in total. The van der Waals surface area contributed by atoms with Crippen molar-refractivity contribution >= 4 is 5.95 Å². The minimum absolute atomic E-state index is 0.00850. The summed E-state index contributed by atoms with van der Waals surface area (Å²) in [7, 11) is 0. The number of nitrogens with zero attached hydrogens (tertiary/aromatic N) is 2. The molecule has 4 nitrogen and oxygen atoms in total. The zero-order valence-electron chi connectivity index (χ0n) is 8.56. The predicted octanol–water partition coefficient (Wildman–Crippen LogP) is 1.39. The highest BCUT2D eigenvalue weighted by Gasteiger charge is 2.37. The van der Waals surface area contributed by atoms with Crippen LogP contribution in [0.25, 0.3) is 0 Å². The molecule has 88 valence electrons. The van der Waals surface area contributed by atoms with Crippen LogP contribution >= 0.6 is 0 Å². The van der Waals surface area contributed by atoms with E-state index in [-0.39, 0.29) is 11.5 Å². The van der Waals surface area contributed by atoms with Crippen LogP contribution in [0.4, 0.5) is 19.1 Å². The number of aromatic nitrogens is 2. The molecule has 0 saturated heterocycles. The average Bonchev–Trinajstić information content (AvgIpc) is 2.22. The molecule has 0 atom stereocenters. The van der Waals surface area contributed by atoms with Gasteiger partial charge in [0.15, 0.2) is 5.69 Å². The zero-order chi connectivity index (χ0) is 11.9. The predicted molar refractivity (Wildman–Crippen MR) is 51.3 cm³/mol. The maximum absolute atomic E-state index is 12.6. The van der Waals surface area contributed by atoms with Gasteiger partial charge in [-0.25, -0.2) is 4.98 Å². The number of hydrogen-bond donors (Lipinski definition) is 1. The summed E-state index contributed by atoms with van der Waals surface area (Å²) >= 11 is 0. The Morgan fingerprint density at radius 2 is 2.12 bits per heavy atom. The Hall–Kier alpha value is -1.53. The Kier molecular flexibility index (Phi) is 2.40. The summed E-state index contributed by atoms with van der Waals surface area (Å²) < 4.78 is 38.9. The van der Waals surface area contributed by atoms with Gasteiger partial charge in [-0.2, -0.15) is 13.2 Å². The van der Waals surface area contributed by atoms with Gasteiger partial charge in [0.1, 0.15) is 0 Å². The van der Waals surface area contributed by atoms with E-state index in [1.807, 2.05) is 0 Å². The van der Waals surface area contributed by atoms with Gasteiger partial charge >= 0.3 is 6.18 Å². The van der Waals surface area contributed by atoms with Crippen LogP contribution in [-0.2, 0) is 12.7 Å². The highest BCUT2D eigenvalue weighted by molar-refractivity contribution is 5.33. The monoisotopic (exact) mass is 233 g/mol. The van der Waals surface area contributed by atoms with Crippen molar-refractivity contribution in [2.24, 2.45) is 0 Å². The van der Waals surface area contributed by atoms with Gasteiger partial charge in [-0.05, 0) is 13.3 Å². The Morgan fingerprint density at radius 1 is 1.44 bits per heavy atom. The van der Waals surface area contributed by atoms with Gasteiger partial charge in [-0.1, -0.05) is 0 Å². The van der Waals surface area contributed by atoms with Crippen molar-refractivity contribution in [2.45, 2.75) is 26.1 Å². The molecule has 1 aliphatic rings. The van der Waals surface area contributed by atoms with Crippen LogP contribution in [0, 0.1) is 6.92 Å². The maximum Gasteiger partial charge on any atom is 0.433 e. The minimum atomic E-state index is -4.59. The Labute approximate surface area is 89.1 Å². The quantitative estimate of drug-likeness (QED) is 0.736. The van der Waals surface area contributed by atoms with Crippen LogP contribution < -0.4 is 10.9 Å². The highest BCUT2D eigenvalue weighted by Crippen LogP contribution is 2.30. The summed E-state index contributed by atoms with van der Waals surface area (Å²) in [5, 5.41) is 2.70. The van der Waals surface area contributed by atoms with Crippen molar-refractivity contribution < 1.29 is 13.2 Å². The largest absolute Gasteiger partial charge is 0.433 e. The zero-order valence-corrected chi connectivity index (χ0v) is 8.56. The first-order valence-corrected chi connectivity index (χ1v) is 4.84. The fraction of sp³-hybridized carbons (Fsp3) is 0.556. The number of fused-ring (bicyclic) bond motifs is 1. The molecule has 1 aromatic rings. The van der Waals surface area contributed by atoms with Gasteiger partial charge in [-0.15, -0.1) is 0 Å². The van der Waals surface area contributed by atoms with E-state index in [0.29, 0.717) is 19.5 Å². The van der Waals surface area contributed by atoms with Gasteiger partial charge in [0.05, 0.1) is 0 Å². The SMILES string of the molecule is Cc1c(C(F)(F)F)nc2n(c1=O)CCCN2. The van der Waals surface area contributed by atoms with E-state index in [1.165, 1.54) is 4.57 Å². The van der Waals surface area contributed by atoms with Crippen molar-refractivity contribution in [3.8, 4) is 0 Å². The summed E-state index contributed by atoms with van der Waals surface area (Å²) in [6.07, 6.45) is -3.88. The second-order valence-electron chi connectivity index (χ2n) is 3.64. The lowest BCUT2D eigenvalue weighted by atomic mass is 10.2. The molecule has 0 amide bonds. The standard InChI is InChI=1S/C9H10F3N3O/c1-5-6(9(10,11)12)14-8-13-3-2-4-15(8)7(5)16/h2-4H2,1H3,(H,13,14). The molecular formula is C9H10F3N3O. The molecule has 2 rings (SSSR count). The fourth-order valence-electron chi connectivity index (χ4n) is 1.71. The average molecular weight is 233 g/mol. The molecule has 0 radical (unpaired) electrons. The molecule has 0 aromatic carbocycles. The third-order valence-corrected chi connectivity index (χ3v) is 2.50. The molecule has 16 heavy (non-hydrogen) atoms. The van der Waals surface area contributed by atoms with Gasteiger partial charge in [-0.3, -0.25) is 9.36 Å². The van der Waals surface area contributed by atoms with Crippen molar-refractivity contribution in [3.05, 3.63) is 21.6 Å². The summed E-state index contributed by atoms with van der Waals surface area (Å²) in [4.78, 5) is 15.1. The fourth-order valence-corrected chi connectivity index (χ4v) is 1.71. The molecule has 0 unspecified atom stereocenters. The number of rotatable bonds is 0. The number of nitrogens with one attached hydrogen (secondary N) is 1. The number of hydrogen-bond acceptors (Lipinski definition) is 3. The molecule has 2 heterocycles. The summed E-state index contributed by atoms with van der Waals surface area (Å²) in [5.41, 5.74) is -2.07. The molecule has 0 aliphatic carbocycles. The molecule has 1 aliphatic heterocycles. The van der Waals surface area contributed by atoms with Gasteiger partial charge < -0.3 is 5.32 Å². The number of halogens is 3. The summed E-state index contributed by atoms with van der Waals surface area (Å²) in [6.45, 7) is 2.10. The van der Waals surface area contributed by atoms with E-state index in [9.17, 15) is 18.0 Å². The minimum Gasteiger partial charge on any atom is -0.355 e. The molecule has 1 aromatic heterocycles. The highest BCUT2D eigenvalue weighted by atomic mass is 19.4. The van der Waals surface area contributed by atoms with E-state index in [0.717, 1.165) is 6.92 Å². The third kappa shape index (κ3) is 1.66. The van der Waals surface area contributed by atoms with Crippen LogP contribution in [-0.4, -0.2) is 16.1 Å². The van der Waals surface area contributed by atoms with E-state index in [2.05, 4.69) is 10.3 Å². The smallest absolute Gasteiger partial charge is 0.355 e. The van der Waals surface area contributed by atoms with E-state index in [1.54, 1.807) is 0 Å². The van der Waals surface area contributed by atoms with Crippen LogP contribution in [0.3, 0.4) is 0 Å². The molecule has 0 fully saturated rings. The van der Waals surface area contributed by atoms with Gasteiger partial charge in [0, 0.05) is 18.7 Å². The first kappa shape index (κ1) is 11.0. The Morgan fingerprint density at radius 3 is 2.75 bits per heavy atom. The molecule has 7 heteroatoms. The van der Waals surface area contributed by atoms with Gasteiger partial charge in [0.25, 0.3) is 5.56 Å². The molecule has 0 spiro atoms. The van der Waals surface area contributed by atoms with Crippen LogP contribution in [0.5, 0.6) is 0 Å². The van der Waals surface area contributed by atoms with Crippen molar-refractivity contribution in [3.63, 3.8) is 0 Å². The van der Waals surface area contributed by atoms with Crippen LogP contribution in [0.15, 0.2) is 4.79 Å². The van der Waals surface area contributed by atoms with E-state index < -0.39 is 17.4 Å². The lowest BCUT2D eigenvalue weighted by Gasteiger charge is -2.21. The number of alkyl halides is 3. The van der Waals surface area contributed by atoms with Crippen molar-refractivity contribution in [2.75, 3.05) is 11.9 Å². The topological polar surface area (TPSA) is 46.9 Å². The van der Waals surface area contributed by atoms with Crippen molar-refractivity contribution in [1.29, 1.82) is 0 Å². The molecule has 0 saturated carbocycles. The lowest BCUT2D eigenvalue weighted by Crippen LogP contribution is -2.34. The Balaban J connectivity index is 2.67. The van der Waals surface area contributed by atoms with Crippen molar-refractivity contribution in [1.82, 2.24) is 9.55 Å². The van der Waals surface area contributed by atoms with Gasteiger partial charge in [0.2, 0.25) is 5.95 Å². The van der Waals surface area contributed by atoms with E-state index in [4.69, 9.17) is 0 Å². The Bertz CT molecular complexity index is 478. The molecule has 0 bridgehead atoms. The van der Waals surface area contributed by atoms with Crippen LogP contribution in [0.2, 0.25) is 0 Å². The normalized spacial score (nSPS) is 15.5. The first-order valence-electron chi connectivity index (χ1n) is 4.84. The van der Waals surface area contributed by atoms with E-state index >= 15 is 0 Å². The summed E-state index contributed by atoms with van der Waals surface area (Å²) in [5.74, 6) is 0.00850. The number of anilines is 1. The second-order valence-corrected chi connectivity index (χ2v) is 3.64. The summed E-state index contributed by atoms with van der Waals surface area (Å²) in [6, 6.07) is 0. The second kappa shape index (κ2) is 3.50. The first-order chi connectivity index (χ1) is 7.41. The molecular weight excluding hydrogens is 223 g/mol. The van der Waals surface area contributed by atoms with Crippen LogP contribution in [0.1, 0.15) is 17.7 Å².